The van der Waals surface area contributed by atoms with Gasteiger partial charge in [-0.15, -0.1) is 0 Å². The average Bonchev–Trinajstić information content (AvgIpc) is 2.44. The van der Waals surface area contributed by atoms with Crippen LogP contribution in [0.2, 0.25) is 5.02 Å². The first-order valence-corrected chi connectivity index (χ1v) is 7.13. The highest BCUT2D eigenvalue weighted by Gasteiger charge is 2.08. The van der Waals surface area contributed by atoms with Gasteiger partial charge >= 0.3 is 5.97 Å². The molecule has 0 saturated heterocycles. The Bertz CT molecular complexity index is 504. The number of carbonyl (C=O) groups excluding carboxylic acids is 1. The summed E-state index contributed by atoms with van der Waals surface area (Å²) in [6.45, 7) is 4.12. The van der Waals surface area contributed by atoms with Crippen LogP contribution in [-0.4, -0.2) is 30.1 Å². The molecule has 0 aliphatic carbocycles. The van der Waals surface area contributed by atoms with Gasteiger partial charge in [-0.3, -0.25) is 9.59 Å². The monoisotopic (exact) mass is 313 g/mol. The minimum atomic E-state index is -0.824. The maximum atomic E-state index is 11.6. The van der Waals surface area contributed by atoms with Gasteiger partial charge in [-0.2, -0.15) is 0 Å². The molecular weight excluding hydrogens is 294 g/mol. The molecule has 1 unspecified atom stereocenters. The molecule has 0 fully saturated rings. The van der Waals surface area contributed by atoms with Crippen molar-refractivity contribution in [1.29, 1.82) is 0 Å². The minimum Gasteiger partial charge on any atom is -0.484 e. The molecule has 21 heavy (non-hydrogen) atoms. The number of rotatable bonds is 8. The Morgan fingerprint density at radius 1 is 1.43 bits per heavy atom. The van der Waals surface area contributed by atoms with Gasteiger partial charge in [-0.25, -0.2) is 0 Å². The van der Waals surface area contributed by atoms with Crippen molar-refractivity contribution in [2.24, 2.45) is 5.92 Å². The van der Waals surface area contributed by atoms with E-state index < -0.39 is 5.97 Å². The fourth-order valence-electron chi connectivity index (χ4n) is 1.67. The molecule has 0 bridgehead atoms. The summed E-state index contributed by atoms with van der Waals surface area (Å²) < 4.78 is 5.37. The van der Waals surface area contributed by atoms with Gasteiger partial charge < -0.3 is 15.2 Å². The second kappa shape index (κ2) is 8.52. The van der Waals surface area contributed by atoms with Crippen molar-refractivity contribution in [3.8, 4) is 5.75 Å². The van der Waals surface area contributed by atoms with Crippen LogP contribution in [0, 0.1) is 12.8 Å². The molecule has 2 N–H and O–H groups in total. The zero-order valence-electron chi connectivity index (χ0n) is 12.2. The number of benzene rings is 1. The molecule has 0 aromatic heterocycles. The van der Waals surface area contributed by atoms with E-state index in [-0.39, 0.29) is 24.9 Å². The van der Waals surface area contributed by atoms with Gasteiger partial charge in [0.15, 0.2) is 6.61 Å². The maximum absolute atomic E-state index is 11.6. The second-order valence-corrected chi connectivity index (χ2v) is 5.45. The fraction of sp³-hybridized carbons (Fsp3) is 0.467. The number of carboxylic acid groups (broad SMARTS) is 1. The minimum absolute atomic E-state index is 0.0767. The van der Waals surface area contributed by atoms with Crippen LogP contribution in [0.4, 0.5) is 0 Å². The summed E-state index contributed by atoms with van der Waals surface area (Å²) in [6, 6.07) is 5.20. The predicted octanol–water partition coefficient (Wildman–Crippen LogP) is 2.64. The van der Waals surface area contributed by atoms with Crippen molar-refractivity contribution in [3.05, 3.63) is 28.8 Å². The summed E-state index contributed by atoms with van der Waals surface area (Å²) in [4.78, 5) is 22.1. The molecule has 0 radical (unpaired) electrons. The lowest BCUT2D eigenvalue weighted by Crippen LogP contribution is -2.32. The van der Waals surface area contributed by atoms with Crippen molar-refractivity contribution < 1.29 is 19.4 Å². The van der Waals surface area contributed by atoms with E-state index in [1.165, 1.54) is 0 Å². The van der Waals surface area contributed by atoms with E-state index in [0.717, 1.165) is 5.56 Å². The Hall–Kier alpha value is -1.75. The number of aryl methyl sites for hydroxylation is 1. The summed E-state index contributed by atoms with van der Waals surface area (Å²) in [5.41, 5.74) is 0.886. The summed E-state index contributed by atoms with van der Waals surface area (Å²) in [7, 11) is 0. The van der Waals surface area contributed by atoms with Crippen molar-refractivity contribution >= 4 is 23.5 Å². The van der Waals surface area contributed by atoms with Gasteiger partial charge in [0.25, 0.3) is 5.91 Å². The summed E-state index contributed by atoms with van der Waals surface area (Å²) >= 11 is 5.90. The van der Waals surface area contributed by atoms with Crippen LogP contribution in [0.25, 0.3) is 0 Å². The van der Waals surface area contributed by atoms with Crippen LogP contribution < -0.4 is 10.1 Å². The Balaban J connectivity index is 2.27. The van der Waals surface area contributed by atoms with Crippen LogP contribution in [-0.2, 0) is 9.59 Å². The number of hydrogen-bond donors (Lipinski definition) is 2. The largest absolute Gasteiger partial charge is 0.484 e. The van der Waals surface area contributed by atoms with Gasteiger partial charge in [0.05, 0.1) is 0 Å². The molecule has 1 aromatic rings. The van der Waals surface area contributed by atoms with E-state index in [9.17, 15) is 9.59 Å². The molecule has 5 nitrogen and oxygen atoms in total. The van der Waals surface area contributed by atoms with E-state index in [0.29, 0.717) is 23.7 Å². The van der Waals surface area contributed by atoms with E-state index in [4.69, 9.17) is 21.4 Å². The van der Waals surface area contributed by atoms with Gasteiger partial charge in [0, 0.05) is 18.0 Å². The van der Waals surface area contributed by atoms with Crippen molar-refractivity contribution in [2.75, 3.05) is 13.2 Å². The Morgan fingerprint density at radius 2 is 2.14 bits per heavy atom. The molecule has 6 heteroatoms. The van der Waals surface area contributed by atoms with Gasteiger partial charge in [-0.1, -0.05) is 18.5 Å². The third-order valence-electron chi connectivity index (χ3n) is 3.00. The molecule has 116 valence electrons. The highest BCUT2D eigenvalue weighted by Crippen LogP contribution is 2.20. The summed E-state index contributed by atoms with van der Waals surface area (Å²) in [6.07, 6.45) is 0.643. The Kier molecular flexibility index (Phi) is 7.02. The zero-order chi connectivity index (χ0) is 15.8. The predicted molar refractivity (Wildman–Crippen MR) is 80.7 cm³/mol. The smallest absolute Gasteiger partial charge is 0.303 e. The molecular formula is C15H20ClNO4. The van der Waals surface area contributed by atoms with Crippen molar-refractivity contribution in [3.63, 3.8) is 0 Å². The van der Waals surface area contributed by atoms with E-state index >= 15 is 0 Å². The fourth-order valence-corrected chi connectivity index (χ4v) is 1.78. The topological polar surface area (TPSA) is 75.6 Å². The number of halogens is 1. The maximum Gasteiger partial charge on any atom is 0.303 e. The van der Waals surface area contributed by atoms with E-state index in [2.05, 4.69) is 5.32 Å². The molecule has 1 aromatic carbocycles. The second-order valence-electron chi connectivity index (χ2n) is 5.04. The van der Waals surface area contributed by atoms with Crippen LogP contribution in [0.15, 0.2) is 18.2 Å². The molecule has 1 rings (SSSR count). The molecule has 0 spiro atoms. The van der Waals surface area contributed by atoms with Crippen LogP contribution in [0.3, 0.4) is 0 Å². The van der Waals surface area contributed by atoms with Crippen LogP contribution in [0.5, 0.6) is 5.75 Å². The molecule has 0 aliphatic rings. The number of aliphatic carboxylic acids is 1. The molecule has 0 aliphatic heterocycles. The van der Waals surface area contributed by atoms with Crippen molar-refractivity contribution in [2.45, 2.75) is 26.7 Å². The highest BCUT2D eigenvalue weighted by molar-refractivity contribution is 6.31. The number of carboxylic acids is 1. The Labute approximate surface area is 129 Å². The summed E-state index contributed by atoms with van der Waals surface area (Å²) in [5.74, 6) is -0.354. The van der Waals surface area contributed by atoms with Gasteiger partial charge in [0.2, 0.25) is 0 Å². The molecule has 1 amide bonds. The number of ether oxygens (including phenoxy) is 1. The molecule has 0 saturated carbocycles. The normalized spacial score (nSPS) is 11.8. The first-order chi connectivity index (χ1) is 9.88. The standard InChI is InChI=1S/C15H20ClNO4/c1-10(3-6-15(19)20)8-17-14(18)9-21-12-4-5-13(16)11(2)7-12/h4-5,7,10H,3,6,8-9H2,1-2H3,(H,17,18)(H,19,20). The third-order valence-corrected chi connectivity index (χ3v) is 3.42. The van der Waals surface area contributed by atoms with Gasteiger partial charge in [0.1, 0.15) is 5.75 Å². The number of nitrogens with one attached hydrogen (secondary N) is 1. The zero-order valence-corrected chi connectivity index (χ0v) is 12.9. The van der Waals surface area contributed by atoms with Crippen LogP contribution >= 0.6 is 11.6 Å². The average molecular weight is 314 g/mol. The van der Waals surface area contributed by atoms with Crippen molar-refractivity contribution in [1.82, 2.24) is 5.32 Å². The number of carbonyl (C=O) groups is 2. The van der Waals surface area contributed by atoms with E-state index in [1.807, 2.05) is 13.8 Å². The Morgan fingerprint density at radius 3 is 2.76 bits per heavy atom. The highest BCUT2D eigenvalue weighted by atomic mass is 35.5. The molecule has 0 heterocycles. The van der Waals surface area contributed by atoms with Gasteiger partial charge in [-0.05, 0) is 43.0 Å². The quantitative estimate of drug-likeness (QED) is 0.773. The lowest BCUT2D eigenvalue weighted by Gasteiger charge is -2.12. The first-order valence-electron chi connectivity index (χ1n) is 6.76. The lowest BCUT2D eigenvalue weighted by atomic mass is 10.1. The number of amides is 1. The third kappa shape index (κ3) is 6.99. The first kappa shape index (κ1) is 17.3. The van der Waals surface area contributed by atoms with Crippen LogP contribution in [0.1, 0.15) is 25.3 Å². The summed E-state index contributed by atoms with van der Waals surface area (Å²) in [5, 5.41) is 11.9. The lowest BCUT2D eigenvalue weighted by molar-refractivity contribution is -0.137. The number of hydrogen-bond acceptors (Lipinski definition) is 3. The van der Waals surface area contributed by atoms with E-state index in [1.54, 1.807) is 18.2 Å². The SMILES string of the molecule is Cc1cc(OCC(=O)NCC(C)CCC(=O)O)ccc1Cl. The molecule has 1 atom stereocenters.